The van der Waals surface area contributed by atoms with Crippen LogP contribution in [0.1, 0.15) is 42.1 Å². The normalized spacial score (nSPS) is 16.6. The number of aliphatic hydroxyl groups excluding tert-OH is 1. The van der Waals surface area contributed by atoms with E-state index >= 15 is 0 Å². The molecular weight excluding hydrogens is 472 g/mol. The van der Waals surface area contributed by atoms with E-state index in [0.29, 0.717) is 41.3 Å². The van der Waals surface area contributed by atoms with Gasteiger partial charge in [0.05, 0.1) is 31.2 Å². The summed E-state index contributed by atoms with van der Waals surface area (Å²) < 4.78 is 10.6. The maximum atomic E-state index is 13.3. The highest BCUT2D eigenvalue weighted by atomic mass is 16.5. The van der Waals surface area contributed by atoms with Crippen molar-refractivity contribution in [2.45, 2.75) is 33.2 Å². The third kappa shape index (κ3) is 5.23. The number of aliphatic hydroxyl groups is 1. The Labute approximate surface area is 215 Å². The summed E-state index contributed by atoms with van der Waals surface area (Å²) in [5, 5.41) is 11.3. The van der Waals surface area contributed by atoms with Crippen LogP contribution in [-0.4, -0.2) is 41.0 Å². The van der Waals surface area contributed by atoms with Crippen molar-refractivity contribution in [1.82, 2.24) is 4.98 Å². The molecule has 0 radical (unpaired) electrons. The SMILES string of the molecule is CCOC(=O)Cc1ccc(N2C(=O)C(=O)/C(=C(\O)c3ccc(OCC)c(C)c3)C2c2ccncc2)cc1. The Kier molecular flexibility index (Phi) is 7.67. The lowest BCUT2D eigenvalue weighted by atomic mass is 9.95. The molecule has 1 amide bonds. The first kappa shape index (κ1) is 25.6. The lowest BCUT2D eigenvalue weighted by molar-refractivity contribution is -0.142. The zero-order valence-corrected chi connectivity index (χ0v) is 20.9. The number of hydrogen-bond donors (Lipinski definition) is 1. The molecule has 1 N–H and O–H groups in total. The molecule has 8 nitrogen and oxygen atoms in total. The van der Waals surface area contributed by atoms with Gasteiger partial charge in [-0.05, 0) is 79.9 Å². The number of esters is 1. The fourth-order valence-corrected chi connectivity index (χ4v) is 4.38. The highest BCUT2D eigenvalue weighted by Crippen LogP contribution is 2.42. The number of benzene rings is 2. The zero-order valence-electron chi connectivity index (χ0n) is 20.9. The highest BCUT2D eigenvalue weighted by Gasteiger charge is 2.47. The van der Waals surface area contributed by atoms with Crippen LogP contribution in [0.3, 0.4) is 0 Å². The minimum atomic E-state index is -0.870. The molecule has 190 valence electrons. The molecule has 1 unspecified atom stereocenters. The number of carbonyl (C=O) groups excluding carboxylic acids is 3. The average molecular weight is 501 g/mol. The largest absolute Gasteiger partial charge is 0.507 e. The van der Waals surface area contributed by atoms with Gasteiger partial charge in [0.2, 0.25) is 0 Å². The maximum absolute atomic E-state index is 13.3. The van der Waals surface area contributed by atoms with Crippen molar-refractivity contribution in [3.05, 3.63) is 94.8 Å². The third-order valence-electron chi connectivity index (χ3n) is 6.08. The van der Waals surface area contributed by atoms with E-state index in [1.807, 2.05) is 13.8 Å². The van der Waals surface area contributed by atoms with E-state index in [4.69, 9.17) is 9.47 Å². The van der Waals surface area contributed by atoms with Gasteiger partial charge < -0.3 is 14.6 Å². The van der Waals surface area contributed by atoms with Crippen LogP contribution in [0.15, 0.2) is 72.6 Å². The predicted octanol–water partition coefficient (Wildman–Crippen LogP) is 4.52. The lowest BCUT2D eigenvalue weighted by Crippen LogP contribution is -2.29. The summed E-state index contributed by atoms with van der Waals surface area (Å²) in [6.45, 7) is 6.26. The standard InChI is InChI=1S/C29H28N2O6/c1-4-36-23-11-8-21(16-18(23)3)27(33)25-26(20-12-14-30-15-13-20)31(29(35)28(25)34)22-9-6-19(7-10-22)17-24(32)37-5-2/h6-16,26,33H,4-5,17H2,1-3H3/b27-25-. The molecule has 1 saturated heterocycles. The Hall–Kier alpha value is -4.46. The molecule has 1 aliphatic rings. The number of Topliss-reactive ketones (excluding diaryl/α,β-unsaturated/α-hetero) is 1. The van der Waals surface area contributed by atoms with Crippen LogP contribution < -0.4 is 9.64 Å². The van der Waals surface area contributed by atoms with Gasteiger partial charge in [0.25, 0.3) is 11.7 Å². The second kappa shape index (κ2) is 11.1. The zero-order chi connectivity index (χ0) is 26.5. The van der Waals surface area contributed by atoms with Gasteiger partial charge in [-0.2, -0.15) is 0 Å². The summed E-state index contributed by atoms with van der Waals surface area (Å²) in [7, 11) is 0. The van der Waals surface area contributed by atoms with Gasteiger partial charge in [0.1, 0.15) is 11.5 Å². The Balaban J connectivity index is 1.78. The molecule has 1 aliphatic heterocycles. The Morgan fingerprint density at radius 3 is 2.32 bits per heavy atom. The Morgan fingerprint density at radius 2 is 1.70 bits per heavy atom. The number of ether oxygens (including phenoxy) is 2. The third-order valence-corrected chi connectivity index (χ3v) is 6.08. The molecule has 0 bridgehead atoms. The number of ketones is 1. The Morgan fingerprint density at radius 1 is 1.00 bits per heavy atom. The van der Waals surface area contributed by atoms with Gasteiger partial charge in [-0.25, -0.2) is 0 Å². The molecule has 0 aliphatic carbocycles. The smallest absolute Gasteiger partial charge is 0.310 e. The molecule has 1 fully saturated rings. The van der Waals surface area contributed by atoms with Crippen LogP contribution in [0.25, 0.3) is 5.76 Å². The van der Waals surface area contributed by atoms with E-state index in [1.165, 1.54) is 4.90 Å². The van der Waals surface area contributed by atoms with Crippen molar-refractivity contribution >= 4 is 29.1 Å². The minimum absolute atomic E-state index is 0.0182. The average Bonchev–Trinajstić information content (AvgIpc) is 3.16. The summed E-state index contributed by atoms with van der Waals surface area (Å²) in [6, 6.07) is 14.4. The van der Waals surface area contributed by atoms with Gasteiger partial charge in [-0.3, -0.25) is 24.3 Å². The van der Waals surface area contributed by atoms with Crippen LogP contribution in [0.4, 0.5) is 5.69 Å². The molecule has 4 rings (SSSR count). The van der Waals surface area contributed by atoms with E-state index in [-0.39, 0.29) is 23.7 Å². The number of anilines is 1. The van der Waals surface area contributed by atoms with Crippen molar-refractivity contribution in [3.63, 3.8) is 0 Å². The summed E-state index contributed by atoms with van der Waals surface area (Å²) in [5.41, 5.74) is 2.97. The molecule has 37 heavy (non-hydrogen) atoms. The second-order valence-electron chi connectivity index (χ2n) is 8.51. The minimum Gasteiger partial charge on any atom is -0.507 e. The van der Waals surface area contributed by atoms with Gasteiger partial charge in [0, 0.05) is 23.6 Å². The molecule has 8 heteroatoms. The van der Waals surface area contributed by atoms with Crippen LogP contribution in [0.2, 0.25) is 0 Å². The van der Waals surface area contributed by atoms with E-state index in [1.54, 1.807) is 73.9 Å². The monoisotopic (exact) mass is 500 g/mol. The molecule has 1 atom stereocenters. The van der Waals surface area contributed by atoms with Crippen molar-refractivity contribution < 1.29 is 29.0 Å². The number of aromatic nitrogens is 1. The number of hydrogen-bond acceptors (Lipinski definition) is 7. The van der Waals surface area contributed by atoms with E-state index in [9.17, 15) is 19.5 Å². The summed E-state index contributed by atoms with van der Waals surface area (Å²) >= 11 is 0. The second-order valence-corrected chi connectivity index (χ2v) is 8.51. The number of amides is 1. The van der Waals surface area contributed by atoms with Crippen molar-refractivity contribution in [3.8, 4) is 5.75 Å². The van der Waals surface area contributed by atoms with Crippen molar-refractivity contribution in [2.75, 3.05) is 18.1 Å². The van der Waals surface area contributed by atoms with Crippen LogP contribution >= 0.6 is 0 Å². The van der Waals surface area contributed by atoms with E-state index < -0.39 is 17.7 Å². The van der Waals surface area contributed by atoms with Crippen LogP contribution in [0, 0.1) is 6.92 Å². The fraction of sp³-hybridized carbons (Fsp3) is 0.241. The molecule has 1 aromatic heterocycles. The lowest BCUT2D eigenvalue weighted by Gasteiger charge is -2.25. The molecule has 0 spiro atoms. The van der Waals surface area contributed by atoms with Crippen LogP contribution in [-0.2, 0) is 25.5 Å². The van der Waals surface area contributed by atoms with E-state index in [2.05, 4.69) is 4.98 Å². The number of nitrogens with zero attached hydrogens (tertiary/aromatic N) is 2. The Bertz CT molecular complexity index is 1350. The van der Waals surface area contributed by atoms with Gasteiger partial charge >= 0.3 is 5.97 Å². The summed E-state index contributed by atoms with van der Waals surface area (Å²) in [4.78, 5) is 43.9. The van der Waals surface area contributed by atoms with Gasteiger partial charge in [0.15, 0.2) is 0 Å². The predicted molar refractivity (Wildman–Crippen MR) is 138 cm³/mol. The van der Waals surface area contributed by atoms with Crippen LogP contribution in [0.5, 0.6) is 5.75 Å². The van der Waals surface area contributed by atoms with Gasteiger partial charge in [-0.1, -0.05) is 12.1 Å². The summed E-state index contributed by atoms with van der Waals surface area (Å²) in [5.74, 6) is -1.50. The number of rotatable bonds is 8. The molecule has 2 heterocycles. The highest BCUT2D eigenvalue weighted by molar-refractivity contribution is 6.51. The van der Waals surface area contributed by atoms with Crippen molar-refractivity contribution in [1.29, 1.82) is 0 Å². The first-order chi connectivity index (χ1) is 17.8. The van der Waals surface area contributed by atoms with Crippen molar-refractivity contribution in [2.24, 2.45) is 0 Å². The quantitative estimate of drug-likeness (QED) is 0.210. The molecule has 3 aromatic rings. The first-order valence-electron chi connectivity index (χ1n) is 12.0. The maximum Gasteiger partial charge on any atom is 0.310 e. The molecule has 2 aromatic carbocycles. The van der Waals surface area contributed by atoms with Gasteiger partial charge in [-0.15, -0.1) is 0 Å². The topological polar surface area (TPSA) is 106 Å². The molecular formula is C29H28N2O6. The number of aryl methyl sites for hydroxylation is 1. The number of carbonyl (C=O) groups is 3. The first-order valence-corrected chi connectivity index (χ1v) is 12.0. The summed E-state index contributed by atoms with van der Waals surface area (Å²) in [6.07, 6.45) is 3.23. The fourth-order valence-electron chi connectivity index (χ4n) is 4.38. The number of pyridine rings is 1. The molecule has 0 saturated carbocycles. The van der Waals surface area contributed by atoms with E-state index in [0.717, 1.165) is 5.56 Å².